The molecular weight excluding hydrogens is 223 g/mol. The molecule has 0 heterocycles. The number of alkyl halides is 2. The third kappa shape index (κ3) is 12.5. The number of hydrogen-bond acceptors (Lipinski definition) is 1. The van der Waals surface area contributed by atoms with Crippen LogP contribution in [0.25, 0.3) is 0 Å². The van der Waals surface area contributed by atoms with Gasteiger partial charge in [-0.25, -0.2) is 0 Å². The van der Waals surface area contributed by atoms with Gasteiger partial charge in [0.2, 0.25) is 0 Å². The van der Waals surface area contributed by atoms with E-state index in [9.17, 15) is 0 Å². The van der Waals surface area contributed by atoms with Crippen LogP contribution in [0, 0.1) is 0 Å². The second-order valence-electron chi connectivity index (χ2n) is 3.54. The fraction of sp³-hybridized carbons (Fsp3) is 0.778. The molecule has 4 heteroatoms. The SMILES string of the molecule is C=C(C)COCCCCC([SiH3])(Cl)Cl. The second kappa shape index (κ2) is 6.88. The van der Waals surface area contributed by atoms with Crippen LogP contribution in [0.5, 0.6) is 0 Å². The molecule has 0 aromatic carbocycles. The zero-order chi connectivity index (χ0) is 10.3. The molecule has 13 heavy (non-hydrogen) atoms. The van der Waals surface area contributed by atoms with E-state index in [4.69, 9.17) is 27.9 Å². The van der Waals surface area contributed by atoms with Gasteiger partial charge in [0.1, 0.15) is 0 Å². The number of rotatable bonds is 7. The van der Waals surface area contributed by atoms with E-state index >= 15 is 0 Å². The van der Waals surface area contributed by atoms with Gasteiger partial charge in [-0.3, -0.25) is 0 Å². The first-order valence-electron chi connectivity index (χ1n) is 4.52. The van der Waals surface area contributed by atoms with Crippen molar-refractivity contribution in [2.75, 3.05) is 13.2 Å². The maximum atomic E-state index is 5.87. The van der Waals surface area contributed by atoms with Crippen LogP contribution >= 0.6 is 23.2 Å². The molecule has 0 aromatic heterocycles. The van der Waals surface area contributed by atoms with Crippen molar-refractivity contribution in [1.82, 2.24) is 0 Å². The zero-order valence-electron chi connectivity index (χ0n) is 8.41. The summed E-state index contributed by atoms with van der Waals surface area (Å²) in [6, 6.07) is 0. The number of unbranched alkanes of at least 4 members (excludes halogenated alkanes) is 1. The summed E-state index contributed by atoms with van der Waals surface area (Å²) in [7, 11) is 0.820. The molecule has 0 saturated heterocycles. The minimum Gasteiger partial charge on any atom is -0.377 e. The summed E-state index contributed by atoms with van der Waals surface area (Å²) in [5.41, 5.74) is 1.06. The molecule has 0 aliphatic rings. The van der Waals surface area contributed by atoms with Crippen LogP contribution in [0.2, 0.25) is 0 Å². The first-order valence-corrected chi connectivity index (χ1v) is 6.27. The van der Waals surface area contributed by atoms with E-state index in [0.717, 1.165) is 41.7 Å². The van der Waals surface area contributed by atoms with E-state index in [1.807, 2.05) is 6.92 Å². The fourth-order valence-corrected chi connectivity index (χ4v) is 1.51. The Morgan fingerprint density at radius 2 is 2.08 bits per heavy atom. The molecular formula is C9H18Cl2OSi. The molecule has 0 unspecified atom stereocenters. The highest BCUT2D eigenvalue weighted by molar-refractivity contribution is 6.65. The lowest BCUT2D eigenvalue weighted by atomic mass is 10.2. The van der Waals surface area contributed by atoms with Crippen molar-refractivity contribution in [1.29, 1.82) is 0 Å². The Labute approximate surface area is 93.9 Å². The Morgan fingerprint density at radius 1 is 1.46 bits per heavy atom. The molecule has 0 aliphatic heterocycles. The Bertz CT molecular complexity index is 154. The summed E-state index contributed by atoms with van der Waals surface area (Å²) in [5, 5.41) is 0. The maximum Gasteiger partial charge on any atom is 0.0972 e. The van der Waals surface area contributed by atoms with Crippen LogP contribution in [-0.2, 0) is 4.74 Å². The maximum absolute atomic E-state index is 5.87. The molecule has 0 fully saturated rings. The van der Waals surface area contributed by atoms with Crippen LogP contribution in [0.3, 0.4) is 0 Å². The summed E-state index contributed by atoms with van der Waals surface area (Å²) in [6.07, 6.45) is 2.93. The van der Waals surface area contributed by atoms with Gasteiger partial charge in [-0.15, -0.1) is 23.2 Å². The Morgan fingerprint density at radius 3 is 2.54 bits per heavy atom. The molecule has 0 bridgehead atoms. The predicted octanol–water partition coefficient (Wildman–Crippen LogP) is 2.25. The topological polar surface area (TPSA) is 9.23 Å². The average molecular weight is 241 g/mol. The number of ether oxygens (including phenoxy) is 1. The number of halogens is 2. The minimum absolute atomic E-state index is 0.450. The molecule has 78 valence electrons. The summed E-state index contributed by atoms with van der Waals surface area (Å²) < 4.78 is 4.89. The Kier molecular flexibility index (Phi) is 7.14. The molecule has 0 amide bonds. The highest BCUT2D eigenvalue weighted by atomic mass is 35.5. The van der Waals surface area contributed by atoms with Gasteiger partial charge in [0.25, 0.3) is 0 Å². The molecule has 0 rings (SSSR count). The third-order valence-corrected chi connectivity index (χ3v) is 2.38. The van der Waals surface area contributed by atoms with Gasteiger partial charge in [-0.05, 0) is 26.2 Å². The smallest absolute Gasteiger partial charge is 0.0972 e. The van der Waals surface area contributed by atoms with Gasteiger partial charge in [0.05, 0.1) is 10.6 Å². The number of hydrogen-bond donors (Lipinski definition) is 0. The quantitative estimate of drug-likeness (QED) is 0.287. The van der Waals surface area contributed by atoms with Crippen molar-refractivity contribution in [2.24, 2.45) is 0 Å². The van der Waals surface area contributed by atoms with Gasteiger partial charge in [-0.1, -0.05) is 12.2 Å². The molecule has 0 radical (unpaired) electrons. The van der Waals surface area contributed by atoms with Gasteiger partial charge < -0.3 is 4.74 Å². The lowest BCUT2D eigenvalue weighted by molar-refractivity contribution is 0.151. The lowest BCUT2D eigenvalue weighted by Gasteiger charge is -2.12. The monoisotopic (exact) mass is 240 g/mol. The van der Waals surface area contributed by atoms with Crippen LogP contribution in [0.15, 0.2) is 12.2 Å². The third-order valence-electron chi connectivity index (χ3n) is 1.50. The summed E-state index contributed by atoms with van der Waals surface area (Å²) in [5.74, 6) is 0. The first kappa shape index (κ1) is 13.5. The fourth-order valence-electron chi connectivity index (χ4n) is 0.886. The van der Waals surface area contributed by atoms with Crippen LogP contribution in [-0.4, -0.2) is 27.4 Å². The van der Waals surface area contributed by atoms with Crippen molar-refractivity contribution in [3.8, 4) is 0 Å². The van der Waals surface area contributed by atoms with Gasteiger partial charge in [-0.2, -0.15) is 0 Å². The van der Waals surface area contributed by atoms with E-state index in [2.05, 4.69) is 6.58 Å². The molecule has 0 spiro atoms. The molecule has 0 aliphatic carbocycles. The zero-order valence-corrected chi connectivity index (χ0v) is 11.9. The molecule has 1 nitrogen and oxygen atoms in total. The van der Waals surface area contributed by atoms with E-state index in [1.54, 1.807) is 0 Å². The van der Waals surface area contributed by atoms with Gasteiger partial charge in [0, 0.05) is 16.8 Å². The molecule has 0 saturated carbocycles. The van der Waals surface area contributed by atoms with E-state index in [0.29, 0.717) is 6.61 Å². The minimum atomic E-state index is -0.450. The Hall–Kier alpha value is 0.497. The van der Waals surface area contributed by atoms with Crippen LogP contribution in [0.4, 0.5) is 0 Å². The average Bonchev–Trinajstić information content (AvgIpc) is 1.93. The summed E-state index contributed by atoms with van der Waals surface area (Å²) >= 11 is 11.7. The van der Waals surface area contributed by atoms with Crippen molar-refractivity contribution < 1.29 is 4.74 Å². The highest BCUT2D eigenvalue weighted by Crippen LogP contribution is 2.22. The van der Waals surface area contributed by atoms with Gasteiger partial charge >= 0.3 is 0 Å². The van der Waals surface area contributed by atoms with Gasteiger partial charge in [0.15, 0.2) is 0 Å². The first-order chi connectivity index (χ1) is 5.92. The van der Waals surface area contributed by atoms with Crippen LogP contribution < -0.4 is 0 Å². The van der Waals surface area contributed by atoms with E-state index in [-0.39, 0.29) is 0 Å². The second-order valence-corrected chi connectivity index (χ2v) is 8.37. The standard InChI is InChI=1S/C9H18Cl2OSi/c1-8(2)7-12-6-4-3-5-9(10,11)13/h1,3-7H2,2,13H3. The van der Waals surface area contributed by atoms with Crippen LogP contribution in [0.1, 0.15) is 26.2 Å². The van der Waals surface area contributed by atoms with Crippen molar-refractivity contribution in [2.45, 2.75) is 30.1 Å². The van der Waals surface area contributed by atoms with Crippen molar-refractivity contribution in [3.05, 3.63) is 12.2 Å². The summed E-state index contributed by atoms with van der Waals surface area (Å²) in [4.78, 5) is 0. The lowest BCUT2D eigenvalue weighted by Crippen LogP contribution is -2.11. The summed E-state index contributed by atoms with van der Waals surface area (Å²) in [6.45, 7) is 7.15. The van der Waals surface area contributed by atoms with E-state index in [1.165, 1.54) is 0 Å². The van der Waals surface area contributed by atoms with E-state index < -0.39 is 3.96 Å². The largest absolute Gasteiger partial charge is 0.377 e. The molecule has 0 atom stereocenters. The molecule has 0 aromatic rings. The Balaban J connectivity index is 3.13. The van der Waals surface area contributed by atoms with Crippen molar-refractivity contribution >= 4 is 33.4 Å². The molecule has 0 N–H and O–H groups in total. The van der Waals surface area contributed by atoms with Crippen molar-refractivity contribution in [3.63, 3.8) is 0 Å². The normalized spacial score (nSPS) is 11.9. The highest BCUT2D eigenvalue weighted by Gasteiger charge is 2.14. The predicted molar refractivity (Wildman–Crippen MR) is 63.9 cm³/mol.